The van der Waals surface area contributed by atoms with Gasteiger partial charge >= 0.3 is 0 Å². The highest BCUT2D eigenvalue weighted by Crippen LogP contribution is 2.30. The number of aromatic nitrogens is 2. The molecule has 2 rings (SSSR count). The lowest BCUT2D eigenvalue weighted by Crippen LogP contribution is -2.31. The Morgan fingerprint density at radius 2 is 2.12 bits per heavy atom. The molecule has 1 fully saturated rings. The number of hydrogen-bond donors (Lipinski definition) is 1. The summed E-state index contributed by atoms with van der Waals surface area (Å²) in [6, 6.07) is 0.195. The maximum absolute atomic E-state index is 6.09. The van der Waals surface area contributed by atoms with Crippen molar-refractivity contribution in [1.82, 2.24) is 10.1 Å². The van der Waals surface area contributed by atoms with Crippen molar-refractivity contribution in [3.05, 3.63) is 11.7 Å². The molecule has 1 heterocycles. The summed E-state index contributed by atoms with van der Waals surface area (Å²) in [4.78, 5) is 4.47. The molecule has 2 unspecified atom stereocenters. The summed E-state index contributed by atoms with van der Waals surface area (Å²) in [6.45, 7) is 4.31. The van der Waals surface area contributed by atoms with Crippen LogP contribution in [0.3, 0.4) is 0 Å². The van der Waals surface area contributed by atoms with E-state index >= 15 is 0 Å². The largest absolute Gasteiger partial charge is 0.339 e. The van der Waals surface area contributed by atoms with Crippen LogP contribution in [-0.2, 0) is 6.42 Å². The fourth-order valence-electron chi connectivity index (χ4n) is 2.33. The van der Waals surface area contributed by atoms with Crippen LogP contribution in [0, 0.1) is 5.92 Å². The minimum atomic E-state index is 0.195. The standard InChI is InChI=1S/C12H21N3O/c1-8(2)7-11-14-12(16-15-11)9-5-3-4-6-10(9)13/h8-10H,3-7,13H2,1-2H3. The van der Waals surface area contributed by atoms with Gasteiger partial charge in [-0.3, -0.25) is 0 Å². The van der Waals surface area contributed by atoms with Crippen molar-refractivity contribution in [2.24, 2.45) is 11.7 Å². The Morgan fingerprint density at radius 3 is 2.81 bits per heavy atom. The molecule has 16 heavy (non-hydrogen) atoms. The third-order valence-electron chi connectivity index (χ3n) is 3.21. The van der Waals surface area contributed by atoms with Crippen LogP contribution in [0.15, 0.2) is 4.52 Å². The molecule has 0 radical (unpaired) electrons. The number of nitrogens with zero attached hydrogens (tertiary/aromatic N) is 2. The van der Waals surface area contributed by atoms with Gasteiger partial charge in [0.2, 0.25) is 5.89 Å². The maximum atomic E-state index is 6.09. The van der Waals surface area contributed by atoms with Crippen molar-refractivity contribution in [3.8, 4) is 0 Å². The van der Waals surface area contributed by atoms with Crippen molar-refractivity contribution < 1.29 is 4.52 Å². The second-order valence-corrected chi connectivity index (χ2v) is 5.20. The molecule has 0 spiro atoms. The normalized spacial score (nSPS) is 26.2. The van der Waals surface area contributed by atoms with E-state index in [9.17, 15) is 0 Å². The van der Waals surface area contributed by atoms with Crippen LogP contribution >= 0.6 is 0 Å². The Balaban J connectivity index is 2.05. The fourth-order valence-corrected chi connectivity index (χ4v) is 2.33. The first kappa shape index (κ1) is 11.6. The van der Waals surface area contributed by atoms with Gasteiger partial charge in [0.15, 0.2) is 5.82 Å². The molecule has 0 saturated heterocycles. The third kappa shape index (κ3) is 2.61. The maximum Gasteiger partial charge on any atom is 0.231 e. The molecule has 0 bridgehead atoms. The molecule has 90 valence electrons. The lowest BCUT2D eigenvalue weighted by Gasteiger charge is -2.25. The highest BCUT2D eigenvalue weighted by molar-refractivity contribution is 5.00. The van der Waals surface area contributed by atoms with Gasteiger partial charge in [0.1, 0.15) is 0 Å². The van der Waals surface area contributed by atoms with E-state index in [2.05, 4.69) is 24.0 Å². The first-order chi connectivity index (χ1) is 7.66. The highest BCUT2D eigenvalue weighted by Gasteiger charge is 2.28. The van der Waals surface area contributed by atoms with E-state index in [-0.39, 0.29) is 12.0 Å². The monoisotopic (exact) mass is 223 g/mol. The van der Waals surface area contributed by atoms with E-state index in [1.54, 1.807) is 0 Å². The lowest BCUT2D eigenvalue weighted by molar-refractivity contribution is 0.289. The topological polar surface area (TPSA) is 64.9 Å². The third-order valence-corrected chi connectivity index (χ3v) is 3.21. The zero-order valence-electron chi connectivity index (χ0n) is 10.1. The molecule has 1 aromatic heterocycles. The molecular formula is C12H21N3O. The second-order valence-electron chi connectivity index (χ2n) is 5.20. The summed E-state index contributed by atoms with van der Waals surface area (Å²) < 4.78 is 5.33. The SMILES string of the molecule is CC(C)Cc1noc(C2CCCCC2N)n1. The molecule has 4 nitrogen and oxygen atoms in total. The number of hydrogen-bond acceptors (Lipinski definition) is 4. The molecule has 1 aliphatic rings. The van der Waals surface area contributed by atoms with Crippen LogP contribution in [0.4, 0.5) is 0 Å². The molecule has 1 aromatic rings. The van der Waals surface area contributed by atoms with Gasteiger partial charge in [0.25, 0.3) is 0 Å². The summed E-state index contributed by atoms with van der Waals surface area (Å²) in [5, 5.41) is 4.02. The molecule has 0 amide bonds. The molecule has 2 N–H and O–H groups in total. The smallest absolute Gasteiger partial charge is 0.231 e. The van der Waals surface area contributed by atoms with Crippen molar-refractivity contribution in [2.75, 3.05) is 0 Å². The number of rotatable bonds is 3. The van der Waals surface area contributed by atoms with Crippen LogP contribution in [0.2, 0.25) is 0 Å². The van der Waals surface area contributed by atoms with E-state index in [0.29, 0.717) is 5.92 Å². The van der Waals surface area contributed by atoms with Gasteiger partial charge in [-0.05, 0) is 18.8 Å². The Morgan fingerprint density at radius 1 is 1.38 bits per heavy atom. The molecule has 4 heteroatoms. The van der Waals surface area contributed by atoms with Gasteiger partial charge in [0.05, 0.1) is 5.92 Å². The second kappa shape index (κ2) is 4.95. The Labute approximate surface area is 96.6 Å². The van der Waals surface area contributed by atoms with Crippen molar-refractivity contribution in [1.29, 1.82) is 0 Å². The van der Waals surface area contributed by atoms with E-state index in [0.717, 1.165) is 31.0 Å². The highest BCUT2D eigenvalue weighted by atomic mass is 16.5. The van der Waals surface area contributed by atoms with Gasteiger partial charge in [-0.1, -0.05) is 31.8 Å². The average Bonchev–Trinajstić information content (AvgIpc) is 2.66. The predicted octanol–water partition coefficient (Wildman–Crippen LogP) is 2.25. The van der Waals surface area contributed by atoms with Crippen molar-refractivity contribution in [3.63, 3.8) is 0 Å². The van der Waals surface area contributed by atoms with Crippen LogP contribution in [0.1, 0.15) is 57.2 Å². The quantitative estimate of drug-likeness (QED) is 0.853. The summed E-state index contributed by atoms with van der Waals surface area (Å²) >= 11 is 0. The van der Waals surface area contributed by atoms with Crippen LogP contribution in [0.5, 0.6) is 0 Å². The molecule has 2 atom stereocenters. The Bertz CT molecular complexity index is 335. The summed E-state index contributed by atoms with van der Waals surface area (Å²) in [5.41, 5.74) is 6.09. The van der Waals surface area contributed by atoms with E-state index in [4.69, 9.17) is 10.3 Å². The molecular weight excluding hydrogens is 202 g/mol. The van der Waals surface area contributed by atoms with Gasteiger partial charge in [-0.15, -0.1) is 0 Å². The van der Waals surface area contributed by atoms with Gasteiger partial charge in [-0.2, -0.15) is 4.98 Å². The van der Waals surface area contributed by atoms with Crippen LogP contribution in [0.25, 0.3) is 0 Å². The zero-order chi connectivity index (χ0) is 11.5. The van der Waals surface area contributed by atoms with Crippen molar-refractivity contribution in [2.45, 2.75) is 57.9 Å². The van der Waals surface area contributed by atoms with Crippen LogP contribution in [-0.4, -0.2) is 16.2 Å². The predicted molar refractivity (Wildman–Crippen MR) is 62.0 cm³/mol. The summed E-state index contributed by atoms with van der Waals surface area (Å²) in [7, 11) is 0. The minimum Gasteiger partial charge on any atom is -0.339 e. The van der Waals surface area contributed by atoms with Crippen molar-refractivity contribution >= 4 is 0 Å². The molecule has 0 aromatic carbocycles. The molecule has 1 saturated carbocycles. The van der Waals surface area contributed by atoms with E-state index in [1.807, 2.05) is 0 Å². The Kier molecular flexibility index (Phi) is 3.59. The Hall–Kier alpha value is -0.900. The van der Waals surface area contributed by atoms with E-state index in [1.165, 1.54) is 12.8 Å². The van der Waals surface area contributed by atoms with E-state index < -0.39 is 0 Å². The lowest BCUT2D eigenvalue weighted by atomic mass is 9.85. The van der Waals surface area contributed by atoms with Gasteiger partial charge in [0, 0.05) is 12.5 Å². The zero-order valence-corrected chi connectivity index (χ0v) is 10.1. The number of nitrogens with two attached hydrogens (primary N) is 1. The van der Waals surface area contributed by atoms with Crippen LogP contribution < -0.4 is 5.73 Å². The average molecular weight is 223 g/mol. The summed E-state index contributed by atoms with van der Waals surface area (Å²) in [6.07, 6.45) is 5.49. The first-order valence-corrected chi connectivity index (χ1v) is 6.25. The first-order valence-electron chi connectivity index (χ1n) is 6.25. The molecule has 1 aliphatic carbocycles. The van der Waals surface area contributed by atoms with Gasteiger partial charge < -0.3 is 10.3 Å². The summed E-state index contributed by atoms with van der Waals surface area (Å²) in [5.74, 6) is 2.42. The van der Waals surface area contributed by atoms with Gasteiger partial charge in [-0.25, -0.2) is 0 Å². The minimum absolute atomic E-state index is 0.195. The fraction of sp³-hybridized carbons (Fsp3) is 0.833. The molecule has 0 aliphatic heterocycles.